The van der Waals surface area contributed by atoms with Crippen molar-refractivity contribution in [1.29, 1.82) is 0 Å². The molecular weight excluding hydrogens is 324 g/mol. The first-order valence-electron chi connectivity index (χ1n) is 8.46. The van der Waals surface area contributed by atoms with Crippen molar-refractivity contribution < 1.29 is 0 Å². The van der Waals surface area contributed by atoms with Gasteiger partial charge in [-0.05, 0) is 69.2 Å². The highest BCUT2D eigenvalue weighted by atomic mass is 79.9. The summed E-state index contributed by atoms with van der Waals surface area (Å²) in [6.45, 7) is 3.56. The zero-order chi connectivity index (χ0) is 14.7. The van der Waals surface area contributed by atoms with Gasteiger partial charge in [0.1, 0.15) is 0 Å². The van der Waals surface area contributed by atoms with Crippen molar-refractivity contribution in [2.24, 2.45) is 5.92 Å². The second kappa shape index (κ2) is 7.26. The van der Waals surface area contributed by atoms with E-state index in [0.717, 1.165) is 22.9 Å². The van der Waals surface area contributed by atoms with Crippen LogP contribution in [0.15, 0.2) is 28.7 Å². The Morgan fingerprint density at radius 3 is 2.71 bits per heavy atom. The van der Waals surface area contributed by atoms with E-state index in [4.69, 9.17) is 0 Å². The van der Waals surface area contributed by atoms with Crippen molar-refractivity contribution >= 4 is 15.9 Å². The van der Waals surface area contributed by atoms with Crippen LogP contribution in [0.1, 0.15) is 44.6 Å². The van der Waals surface area contributed by atoms with Crippen LogP contribution in [0, 0.1) is 5.92 Å². The Labute approximate surface area is 137 Å². The fourth-order valence-corrected chi connectivity index (χ4v) is 4.42. The van der Waals surface area contributed by atoms with Gasteiger partial charge in [0.15, 0.2) is 0 Å². The fraction of sp³-hybridized carbons (Fsp3) is 0.667. The van der Waals surface area contributed by atoms with Crippen LogP contribution in [0.25, 0.3) is 0 Å². The van der Waals surface area contributed by atoms with Crippen molar-refractivity contribution in [2.75, 3.05) is 6.54 Å². The van der Waals surface area contributed by atoms with Gasteiger partial charge in [-0.2, -0.15) is 0 Å². The molecular formula is C18H27BrN2. The first-order chi connectivity index (χ1) is 10.2. The van der Waals surface area contributed by atoms with Crippen LogP contribution in [-0.4, -0.2) is 24.7 Å². The van der Waals surface area contributed by atoms with Gasteiger partial charge in [-0.15, -0.1) is 0 Å². The standard InChI is InChI=1S/C18H27BrN2/c1-13(12-14-7-9-15(19)10-8-14)21-18-5-2-4-16(18)17-6-3-11-20-17/h7-10,13,16-18,20-21H,2-6,11-12H2,1H3. The Balaban J connectivity index is 1.53. The third-order valence-corrected chi connectivity index (χ3v) is 5.67. The summed E-state index contributed by atoms with van der Waals surface area (Å²) in [5, 5.41) is 7.63. The topological polar surface area (TPSA) is 24.1 Å². The molecule has 0 bridgehead atoms. The summed E-state index contributed by atoms with van der Waals surface area (Å²) in [5.74, 6) is 0.847. The lowest BCUT2D eigenvalue weighted by Gasteiger charge is -2.29. The van der Waals surface area contributed by atoms with Crippen LogP contribution < -0.4 is 10.6 Å². The summed E-state index contributed by atoms with van der Waals surface area (Å²) in [6, 6.07) is 10.8. The highest BCUT2D eigenvalue weighted by Crippen LogP contribution is 2.32. The van der Waals surface area contributed by atoms with Gasteiger partial charge in [-0.3, -0.25) is 0 Å². The number of benzene rings is 1. The van der Waals surface area contributed by atoms with E-state index in [1.807, 2.05) is 0 Å². The Hall–Kier alpha value is -0.380. The summed E-state index contributed by atoms with van der Waals surface area (Å²) in [6.07, 6.45) is 8.01. The summed E-state index contributed by atoms with van der Waals surface area (Å²) in [7, 11) is 0. The SMILES string of the molecule is CC(Cc1ccc(Br)cc1)NC1CCCC1C1CCCN1. The fourth-order valence-electron chi connectivity index (χ4n) is 4.15. The molecule has 4 unspecified atom stereocenters. The summed E-state index contributed by atoms with van der Waals surface area (Å²) >= 11 is 3.51. The summed E-state index contributed by atoms with van der Waals surface area (Å²) < 4.78 is 1.16. The van der Waals surface area contributed by atoms with Crippen LogP contribution in [0.4, 0.5) is 0 Å². The minimum absolute atomic E-state index is 0.554. The van der Waals surface area contributed by atoms with Gasteiger partial charge in [0.05, 0.1) is 0 Å². The largest absolute Gasteiger partial charge is 0.314 e. The molecule has 2 aliphatic rings. The molecule has 4 atom stereocenters. The predicted octanol–water partition coefficient (Wildman–Crippen LogP) is 3.89. The van der Waals surface area contributed by atoms with Gasteiger partial charge in [-0.25, -0.2) is 0 Å². The molecule has 0 radical (unpaired) electrons. The van der Waals surface area contributed by atoms with E-state index in [0.29, 0.717) is 12.1 Å². The minimum atomic E-state index is 0.554. The van der Waals surface area contributed by atoms with E-state index in [9.17, 15) is 0 Å². The van der Waals surface area contributed by atoms with Crippen molar-refractivity contribution in [3.63, 3.8) is 0 Å². The molecule has 21 heavy (non-hydrogen) atoms. The predicted molar refractivity (Wildman–Crippen MR) is 92.6 cm³/mol. The van der Waals surface area contributed by atoms with E-state index in [2.05, 4.69) is 57.8 Å². The van der Waals surface area contributed by atoms with Gasteiger partial charge in [0, 0.05) is 22.6 Å². The molecule has 1 saturated heterocycles. The van der Waals surface area contributed by atoms with Gasteiger partial charge < -0.3 is 10.6 Å². The second-order valence-corrected chi connectivity index (χ2v) is 7.72. The van der Waals surface area contributed by atoms with Gasteiger partial charge in [0.2, 0.25) is 0 Å². The number of nitrogens with one attached hydrogen (secondary N) is 2. The molecule has 1 aromatic rings. The molecule has 2 fully saturated rings. The zero-order valence-corrected chi connectivity index (χ0v) is 14.5. The van der Waals surface area contributed by atoms with Crippen LogP contribution in [0.5, 0.6) is 0 Å². The summed E-state index contributed by atoms with van der Waals surface area (Å²) in [4.78, 5) is 0. The van der Waals surface area contributed by atoms with Crippen LogP contribution >= 0.6 is 15.9 Å². The maximum absolute atomic E-state index is 3.92. The van der Waals surface area contributed by atoms with Gasteiger partial charge in [-0.1, -0.05) is 34.5 Å². The maximum Gasteiger partial charge on any atom is 0.0175 e. The lowest BCUT2D eigenvalue weighted by molar-refractivity contribution is 0.301. The lowest BCUT2D eigenvalue weighted by atomic mass is 9.92. The highest BCUT2D eigenvalue weighted by molar-refractivity contribution is 9.10. The minimum Gasteiger partial charge on any atom is -0.314 e. The number of hydrogen-bond donors (Lipinski definition) is 2. The van der Waals surface area contributed by atoms with Gasteiger partial charge in [0.25, 0.3) is 0 Å². The monoisotopic (exact) mass is 350 g/mol. The molecule has 1 aliphatic heterocycles. The maximum atomic E-state index is 3.92. The number of rotatable bonds is 5. The molecule has 0 spiro atoms. The number of halogens is 1. The van der Waals surface area contributed by atoms with Crippen molar-refractivity contribution in [3.8, 4) is 0 Å². The van der Waals surface area contributed by atoms with E-state index >= 15 is 0 Å². The smallest absolute Gasteiger partial charge is 0.0175 e. The average molecular weight is 351 g/mol. The molecule has 0 amide bonds. The molecule has 1 saturated carbocycles. The number of hydrogen-bond acceptors (Lipinski definition) is 2. The van der Waals surface area contributed by atoms with Gasteiger partial charge >= 0.3 is 0 Å². The first kappa shape index (κ1) is 15.5. The molecule has 1 heterocycles. The molecule has 2 N–H and O–H groups in total. The molecule has 1 aliphatic carbocycles. The van der Waals surface area contributed by atoms with E-state index in [1.54, 1.807) is 0 Å². The Bertz CT molecular complexity index is 439. The lowest BCUT2D eigenvalue weighted by Crippen LogP contribution is -2.45. The third kappa shape index (κ3) is 4.08. The van der Waals surface area contributed by atoms with E-state index in [1.165, 1.54) is 44.2 Å². The van der Waals surface area contributed by atoms with Crippen molar-refractivity contribution in [1.82, 2.24) is 10.6 Å². The third-order valence-electron chi connectivity index (χ3n) is 5.14. The van der Waals surface area contributed by atoms with Crippen molar-refractivity contribution in [3.05, 3.63) is 34.3 Å². The van der Waals surface area contributed by atoms with E-state index < -0.39 is 0 Å². The second-order valence-electron chi connectivity index (χ2n) is 6.80. The molecule has 3 heteroatoms. The zero-order valence-electron chi connectivity index (χ0n) is 12.9. The molecule has 1 aromatic carbocycles. The molecule has 3 rings (SSSR count). The average Bonchev–Trinajstić information content (AvgIpc) is 3.11. The summed E-state index contributed by atoms with van der Waals surface area (Å²) in [5.41, 5.74) is 1.42. The Morgan fingerprint density at radius 2 is 2.00 bits per heavy atom. The van der Waals surface area contributed by atoms with Crippen molar-refractivity contribution in [2.45, 2.75) is 63.6 Å². The Morgan fingerprint density at radius 1 is 1.19 bits per heavy atom. The molecule has 116 valence electrons. The van der Waals surface area contributed by atoms with E-state index in [-0.39, 0.29) is 0 Å². The highest BCUT2D eigenvalue weighted by Gasteiger charge is 2.35. The first-order valence-corrected chi connectivity index (χ1v) is 9.25. The van der Waals surface area contributed by atoms with Crippen LogP contribution in [0.2, 0.25) is 0 Å². The quantitative estimate of drug-likeness (QED) is 0.841. The molecule has 2 nitrogen and oxygen atoms in total. The van der Waals surface area contributed by atoms with Crippen LogP contribution in [0.3, 0.4) is 0 Å². The molecule has 0 aromatic heterocycles. The van der Waals surface area contributed by atoms with Crippen LogP contribution in [-0.2, 0) is 6.42 Å². The Kier molecular flexibility index (Phi) is 5.36. The normalized spacial score (nSPS) is 30.7.